The molecule has 0 aromatic heterocycles. The fourth-order valence-corrected chi connectivity index (χ4v) is 1.77. The number of nitrogens with one attached hydrogen (secondary N) is 1. The lowest BCUT2D eigenvalue weighted by Crippen LogP contribution is -2.01. The van der Waals surface area contributed by atoms with E-state index in [2.05, 4.69) is 5.32 Å². The Morgan fingerprint density at radius 1 is 1.10 bits per heavy atom. The standard InChI is InChI=1S/C15H10N4O2/c16-7-10-1-3-12(5-11(10)8-17)19-14-6-9(15(20)21)2-4-13(14)18/h1-6,19H,18H2,(H,20,21). The van der Waals surface area contributed by atoms with Crippen LogP contribution in [0.25, 0.3) is 0 Å². The first-order valence-electron chi connectivity index (χ1n) is 5.89. The van der Waals surface area contributed by atoms with Crippen molar-refractivity contribution in [2.24, 2.45) is 0 Å². The molecule has 0 heterocycles. The van der Waals surface area contributed by atoms with Crippen molar-refractivity contribution >= 4 is 23.0 Å². The summed E-state index contributed by atoms with van der Waals surface area (Å²) < 4.78 is 0. The van der Waals surface area contributed by atoms with Gasteiger partial charge in [-0.25, -0.2) is 4.79 Å². The molecule has 2 aromatic rings. The highest BCUT2D eigenvalue weighted by Crippen LogP contribution is 2.25. The van der Waals surface area contributed by atoms with Gasteiger partial charge in [-0.1, -0.05) is 0 Å². The van der Waals surface area contributed by atoms with Crippen LogP contribution in [0.1, 0.15) is 21.5 Å². The van der Waals surface area contributed by atoms with Crippen LogP contribution < -0.4 is 11.1 Å². The van der Waals surface area contributed by atoms with Gasteiger partial charge in [0.05, 0.1) is 28.1 Å². The molecular formula is C15H10N4O2. The van der Waals surface area contributed by atoms with Gasteiger partial charge >= 0.3 is 5.97 Å². The summed E-state index contributed by atoms with van der Waals surface area (Å²) in [6.45, 7) is 0. The number of carboxylic acid groups (broad SMARTS) is 1. The third-order valence-electron chi connectivity index (χ3n) is 2.84. The van der Waals surface area contributed by atoms with Crippen LogP contribution in [0.3, 0.4) is 0 Å². The first kappa shape index (κ1) is 13.9. The van der Waals surface area contributed by atoms with Crippen LogP contribution >= 0.6 is 0 Å². The maximum Gasteiger partial charge on any atom is 0.335 e. The van der Waals surface area contributed by atoms with E-state index < -0.39 is 5.97 Å². The normalized spacial score (nSPS) is 9.43. The molecule has 0 unspecified atom stereocenters. The number of nitrogens with two attached hydrogens (primary N) is 1. The lowest BCUT2D eigenvalue weighted by molar-refractivity contribution is 0.0697. The van der Waals surface area contributed by atoms with Gasteiger partial charge in [-0.2, -0.15) is 10.5 Å². The molecule has 4 N–H and O–H groups in total. The van der Waals surface area contributed by atoms with E-state index in [1.165, 1.54) is 30.3 Å². The second kappa shape index (κ2) is 5.64. The zero-order valence-corrected chi connectivity index (χ0v) is 10.8. The van der Waals surface area contributed by atoms with Gasteiger partial charge in [-0.3, -0.25) is 0 Å². The summed E-state index contributed by atoms with van der Waals surface area (Å²) in [7, 11) is 0. The number of aromatic carboxylic acids is 1. The van der Waals surface area contributed by atoms with Gasteiger partial charge in [0.15, 0.2) is 0 Å². The number of rotatable bonds is 3. The zero-order chi connectivity index (χ0) is 15.4. The average Bonchev–Trinajstić information content (AvgIpc) is 2.49. The lowest BCUT2D eigenvalue weighted by atomic mass is 10.1. The summed E-state index contributed by atoms with van der Waals surface area (Å²) in [5, 5.41) is 29.8. The molecule has 102 valence electrons. The van der Waals surface area contributed by atoms with Gasteiger partial charge in [-0.15, -0.1) is 0 Å². The van der Waals surface area contributed by atoms with E-state index in [0.29, 0.717) is 17.1 Å². The molecule has 0 radical (unpaired) electrons. The molecule has 0 fully saturated rings. The predicted octanol–water partition coefficient (Wildman–Crippen LogP) is 2.45. The van der Waals surface area contributed by atoms with Crippen molar-refractivity contribution in [1.82, 2.24) is 0 Å². The summed E-state index contributed by atoms with van der Waals surface area (Å²) >= 11 is 0. The fraction of sp³-hybridized carbons (Fsp3) is 0. The maximum absolute atomic E-state index is 11.0. The van der Waals surface area contributed by atoms with Gasteiger partial charge in [0.1, 0.15) is 12.1 Å². The van der Waals surface area contributed by atoms with Gasteiger partial charge in [0.25, 0.3) is 0 Å². The zero-order valence-electron chi connectivity index (χ0n) is 10.8. The van der Waals surface area contributed by atoms with Crippen LogP contribution in [0.5, 0.6) is 0 Å². The molecule has 0 bridgehead atoms. The monoisotopic (exact) mass is 278 g/mol. The number of hydrogen-bond donors (Lipinski definition) is 3. The largest absolute Gasteiger partial charge is 0.478 e. The van der Waals surface area contributed by atoms with E-state index in [4.69, 9.17) is 21.4 Å². The molecule has 0 saturated carbocycles. The topological polar surface area (TPSA) is 123 Å². The summed E-state index contributed by atoms with van der Waals surface area (Å²) in [5.41, 5.74) is 7.73. The molecule has 6 heteroatoms. The van der Waals surface area contributed by atoms with E-state index in [1.807, 2.05) is 12.1 Å². The molecule has 0 spiro atoms. The Bertz CT molecular complexity index is 800. The molecule has 0 atom stereocenters. The van der Waals surface area contributed by atoms with Gasteiger partial charge in [0, 0.05) is 5.69 Å². The minimum Gasteiger partial charge on any atom is -0.478 e. The smallest absolute Gasteiger partial charge is 0.335 e. The first-order valence-corrected chi connectivity index (χ1v) is 5.89. The van der Waals surface area contributed by atoms with E-state index >= 15 is 0 Å². The van der Waals surface area contributed by atoms with Crippen LogP contribution in [0, 0.1) is 22.7 Å². The lowest BCUT2D eigenvalue weighted by Gasteiger charge is -2.10. The van der Waals surface area contributed by atoms with Crippen LogP contribution in [0.15, 0.2) is 36.4 Å². The van der Waals surface area contributed by atoms with Crippen molar-refractivity contribution in [3.63, 3.8) is 0 Å². The average molecular weight is 278 g/mol. The fourth-order valence-electron chi connectivity index (χ4n) is 1.77. The SMILES string of the molecule is N#Cc1ccc(Nc2cc(C(=O)O)ccc2N)cc1C#N. The number of benzene rings is 2. The molecule has 21 heavy (non-hydrogen) atoms. The quantitative estimate of drug-likeness (QED) is 0.741. The van der Waals surface area contributed by atoms with Crippen molar-refractivity contribution in [3.05, 3.63) is 53.1 Å². The Morgan fingerprint density at radius 2 is 1.81 bits per heavy atom. The molecule has 0 aliphatic rings. The number of nitrogens with zero attached hydrogens (tertiary/aromatic N) is 2. The number of nitrogen functional groups attached to an aromatic ring is 1. The van der Waals surface area contributed by atoms with Crippen molar-refractivity contribution in [2.75, 3.05) is 11.1 Å². The molecule has 0 aliphatic carbocycles. The second-order valence-electron chi connectivity index (χ2n) is 4.22. The number of nitriles is 2. The Hall–Kier alpha value is -3.51. The molecule has 0 aliphatic heterocycles. The third kappa shape index (κ3) is 2.91. The molecule has 0 amide bonds. The molecule has 6 nitrogen and oxygen atoms in total. The van der Waals surface area contributed by atoms with Crippen LogP contribution in [-0.4, -0.2) is 11.1 Å². The predicted molar refractivity (Wildman–Crippen MR) is 77.0 cm³/mol. The van der Waals surface area contributed by atoms with Crippen LogP contribution in [-0.2, 0) is 0 Å². The minimum atomic E-state index is -1.06. The number of carboxylic acids is 1. The van der Waals surface area contributed by atoms with Gasteiger partial charge in [0.2, 0.25) is 0 Å². The Labute approximate surface area is 120 Å². The number of anilines is 3. The first-order chi connectivity index (χ1) is 10.0. The molecular weight excluding hydrogens is 268 g/mol. The van der Waals surface area contributed by atoms with Gasteiger partial charge in [-0.05, 0) is 36.4 Å². The highest BCUT2D eigenvalue weighted by atomic mass is 16.4. The highest BCUT2D eigenvalue weighted by Gasteiger charge is 2.08. The molecule has 2 aromatic carbocycles. The van der Waals surface area contributed by atoms with Crippen molar-refractivity contribution < 1.29 is 9.90 Å². The Kier molecular flexibility index (Phi) is 3.74. The highest BCUT2D eigenvalue weighted by molar-refractivity contribution is 5.91. The van der Waals surface area contributed by atoms with Crippen LogP contribution in [0.4, 0.5) is 17.1 Å². The van der Waals surface area contributed by atoms with Crippen molar-refractivity contribution in [3.8, 4) is 12.1 Å². The van der Waals surface area contributed by atoms with Gasteiger partial charge < -0.3 is 16.2 Å². The summed E-state index contributed by atoms with van der Waals surface area (Å²) in [4.78, 5) is 11.0. The summed E-state index contributed by atoms with van der Waals surface area (Å²) in [5.74, 6) is -1.06. The minimum absolute atomic E-state index is 0.0980. The summed E-state index contributed by atoms with van der Waals surface area (Å²) in [6.07, 6.45) is 0. The van der Waals surface area contributed by atoms with E-state index in [-0.39, 0.29) is 16.7 Å². The van der Waals surface area contributed by atoms with E-state index in [0.717, 1.165) is 0 Å². The van der Waals surface area contributed by atoms with Crippen molar-refractivity contribution in [2.45, 2.75) is 0 Å². The molecule has 2 rings (SSSR count). The third-order valence-corrected chi connectivity index (χ3v) is 2.84. The Balaban J connectivity index is 2.39. The maximum atomic E-state index is 11.0. The summed E-state index contributed by atoms with van der Waals surface area (Å²) in [6, 6.07) is 12.8. The number of carbonyl (C=O) groups is 1. The molecule has 0 saturated heterocycles. The number of hydrogen-bond acceptors (Lipinski definition) is 5. The van der Waals surface area contributed by atoms with Crippen LogP contribution in [0.2, 0.25) is 0 Å². The van der Waals surface area contributed by atoms with E-state index in [9.17, 15) is 4.79 Å². The Morgan fingerprint density at radius 3 is 2.43 bits per heavy atom. The second-order valence-corrected chi connectivity index (χ2v) is 4.22. The van der Waals surface area contributed by atoms with Crippen molar-refractivity contribution in [1.29, 1.82) is 10.5 Å². The van der Waals surface area contributed by atoms with E-state index in [1.54, 1.807) is 6.07 Å².